The molecule has 0 saturated heterocycles. The number of nitrogens with two attached hydrogens (primary N) is 2. The summed E-state index contributed by atoms with van der Waals surface area (Å²) in [5.41, 5.74) is 13.6. The van der Waals surface area contributed by atoms with Crippen molar-refractivity contribution in [3.05, 3.63) is 65.3 Å². The normalized spacial score (nSPS) is 14.3. The summed E-state index contributed by atoms with van der Waals surface area (Å²) in [7, 11) is 1.50. The highest BCUT2D eigenvalue weighted by molar-refractivity contribution is 6.51. The van der Waals surface area contributed by atoms with Gasteiger partial charge in [-0.25, -0.2) is 0 Å². The van der Waals surface area contributed by atoms with Crippen LogP contribution >= 0.6 is 0 Å². The average Bonchev–Trinajstić information content (AvgIpc) is 2.73. The van der Waals surface area contributed by atoms with Crippen LogP contribution in [0.3, 0.4) is 0 Å². The second-order valence-electron chi connectivity index (χ2n) is 8.22. The van der Waals surface area contributed by atoms with Crippen molar-refractivity contribution in [3.8, 4) is 0 Å². The third-order valence-corrected chi connectivity index (χ3v) is 4.82. The van der Waals surface area contributed by atoms with Crippen LogP contribution in [0, 0.1) is 21.6 Å². The summed E-state index contributed by atoms with van der Waals surface area (Å²) in [6.45, 7) is 5.83. The fraction of sp³-hybridized carbons (Fsp3) is 0.400. The molecule has 0 heterocycles. The Kier molecular flexibility index (Phi) is 10.8. The summed E-state index contributed by atoms with van der Waals surface area (Å²) in [5, 5.41) is 24.1. The van der Waals surface area contributed by atoms with E-state index in [4.69, 9.17) is 26.7 Å². The van der Waals surface area contributed by atoms with E-state index in [1.165, 1.54) is 7.05 Å². The van der Waals surface area contributed by atoms with E-state index in [0.717, 1.165) is 36.0 Å². The summed E-state index contributed by atoms with van der Waals surface area (Å²) < 4.78 is 5.25. The predicted octanol–water partition coefficient (Wildman–Crippen LogP) is 5.04. The molecule has 1 atom stereocenters. The smallest absolute Gasteiger partial charge is 0.179 e. The van der Waals surface area contributed by atoms with Crippen LogP contribution in [0.4, 0.5) is 0 Å². The lowest BCUT2D eigenvalue weighted by Crippen LogP contribution is -2.31. The van der Waals surface area contributed by atoms with Gasteiger partial charge in [0.25, 0.3) is 0 Å². The van der Waals surface area contributed by atoms with Crippen molar-refractivity contribution < 1.29 is 4.74 Å². The van der Waals surface area contributed by atoms with E-state index in [1.807, 2.05) is 42.5 Å². The van der Waals surface area contributed by atoms with Crippen LogP contribution in [0.1, 0.15) is 57.6 Å². The van der Waals surface area contributed by atoms with E-state index in [9.17, 15) is 0 Å². The van der Waals surface area contributed by atoms with Gasteiger partial charge in [0.2, 0.25) is 0 Å². The first-order chi connectivity index (χ1) is 14.7. The molecular formula is C25H37N5O. The Bertz CT molecular complexity index is 864. The minimum atomic E-state index is -0.477. The van der Waals surface area contributed by atoms with Gasteiger partial charge < -0.3 is 10.5 Å². The summed E-state index contributed by atoms with van der Waals surface area (Å²) in [5.74, 6) is 0.133. The zero-order valence-electron chi connectivity index (χ0n) is 19.2. The largest absolute Gasteiger partial charge is 0.463 e. The van der Waals surface area contributed by atoms with Crippen molar-refractivity contribution in [1.82, 2.24) is 0 Å². The van der Waals surface area contributed by atoms with E-state index in [0.29, 0.717) is 12.1 Å². The van der Waals surface area contributed by atoms with Crippen LogP contribution in [-0.4, -0.2) is 30.6 Å². The maximum absolute atomic E-state index is 8.42. The summed E-state index contributed by atoms with van der Waals surface area (Å²) in [6, 6.07) is 7.76. The van der Waals surface area contributed by atoms with Gasteiger partial charge in [-0.1, -0.05) is 62.4 Å². The van der Waals surface area contributed by atoms with Gasteiger partial charge in [0.1, 0.15) is 6.23 Å². The molecule has 0 aromatic heterocycles. The van der Waals surface area contributed by atoms with E-state index in [-0.39, 0.29) is 17.0 Å². The molecule has 0 aliphatic heterocycles. The lowest BCUT2D eigenvalue weighted by molar-refractivity contribution is 0.129. The molecule has 1 aliphatic carbocycles. The van der Waals surface area contributed by atoms with Crippen molar-refractivity contribution in [2.45, 2.75) is 52.7 Å². The first-order valence-electron chi connectivity index (χ1n) is 10.5. The fourth-order valence-corrected chi connectivity index (χ4v) is 3.32. The van der Waals surface area contributed by atoms with Gasteiger partial charge in [0.15, 0.2) is 5.90 Å². The lowest BCUT2D eigenvalue weighted by Gasteiger charge is -2.26. The Morgan fingerprint density at radius 1 is 1.19 bits per heavy atom. The average molecular weight is 424 g/mol. The van der Waals surface area contributed by atoms with Crippen LogP contribution < -0.4 is 11.5 Å². The Morgan fingerprint density at radius 2 is 1.90 bits per heavy atom. The molecule has 1 aromatic carbocycles. The molecule has 6 heteroatoms. The maximum Gasteiger partial charge on any atom is 0.179 e. The van der Waals surface area contributed by atoms with Crippen molar-refractivity contribution in [3.63, 3.8) is 0 Å². The molecule has 0 fully saturated rings. The summed E-state index contributed by atoms with van der Waals surface area (Å²) in [4.78, 5) is 0. The van der Waals surface area contributed by atoms with Gasteiger partial charge in [-0.3, -0.25) is 22.0 Å². The molecule has 31 heavy (non-hydrogen) atoms. The van der Waals surface area contributed by atoms with E-state index in [1.54, 1.807) is 6.92 Å². The molecule has 0 spiro atoms. The van der Waals surface area contributed by atoms with E-state index < -0.39 is 6.23 Å². The van der Waals surface area contributed by atoms with Crippen LogP contribution in [0.15, 0.2) is 54.1 Å². The third kappa shape index (κ3) is 9.24. The topological polar surface area (TPSA) is 133 Å². The molecule has 6 nitrogen and oxygen atoms in total. The number of benzene rings is 1. The van der Waals surface area contributed by atoms with Gasteiger partial charge >= 0.3 is 0 Å². The molecule has 7 N–H and O–H groups in total. The van der Waals surface area contributed by atoms with E-state index >= 15 is 0 Å². The molecular weight excluding hydrogens is 386 g/mol. The molecule has 1 aromatic rings. The van der Waals surface area contributed by atoms with Crippen molar-refractivity contribution in [1.29, 1.82) is 16.2 Å². The molecule has 0 amide bonds. The third-order valence-electron chi connectivity index (χ3n) is 4.82. The standard InChI is InChI=1S/C24H32N4O.CH5N/c1-17(25)29-21(26)16-24(2,3)14-8-10-18-9-7-13-20(15-18)23(28)22(27)19-11-5-4-6-12-19;1-2/h4-5,7-11,13,15,21,25,27-28H,6,12,14,16,26H2,1-3H3;2H2,1H3/b10-8+,25-17?,27-22?,28-23?;. The highest BCUT2D eigenvalue weighted by atomic mass is 16.5. The monoisotopic (exact) mass is 423 g/mol. The molecule has 0 saturated carbocycles. The minimum Gasteiger partial charge on any atom is -0.463 e. The quantitative estimate of drug-likeness (QED) is 0.216. The predicted molar refractivity (Wildman–Crippen MR) is 132 cm³/mol. The summed E-state index contributed by atoms with van der Waals surface area (Å²) in [6.07, 6.45) is 12.8. The Hall–Kier alpha value is -2.83. The maximum atomic E-state index is 8.42. The first kappa shape index (κ1) is 26.2. The Balaban J connectivity index is 0.00000233. The number of hydrogen-bond acceptors (Lipinski definition) is 6. The number of ether oxygens (including phenoxy) is 1. The molecule has 0 radical (unpaired) electrons. The van der Waals surface area contributed by atoms with Gasteiger partial charge in [-0.05, 0) is 48.9 Å². The number of rotatable bonds is 9. The van der Waals surface area contributed by atoms with Gasteiger partial charge in [0, 0.05) is 18.9 Å². The number of allylic oxidation sites excluding steroid dienone is 5. The second kappa shape index (κ2) is 12.8. The zero-order chi connectivity index (χ0) is 23.4. The molecule has 1 unspecified atom stereocenters. The van der Waals surface area contributed by atoms with Gasteiger partial charge in [0.05, 0.1) is 11.4 Å². The molecule has 0 bridgehead atoms. The van der Waals surface area contributed by atoms with Crippen LogP contribution in [0.25, 0.3) is 6.08 Å². The minimum absolute atomic E-state index is 0.0568. The summed E-state index contributed by atoms with van der Waals surface area (Å²) >= 11 is 0. The van der Waals surface area contributed by atoms with Crippen LogP contribution in [0.2, 0.25) is 0 Å². The van der Waals surface area contributed by atoms with E-state index in [2.05, 4.69) is 31.7 Å². The fourth-order valence-electron chi connectivity index (χ4n) is 3.32. The SMILES string of the molecule is CC(=N)OC(N)CC(C)(C)C/C=C/c1cccc(C(=N)C(=N)C2=CC=CCC2)c1.CN. The number of hydrogen-bond donors (Lipinski definition) is 5. The van der Waals surface area contributed by atoms with Crippen molar-refractivity contribution >= 4 is 23.4 Å². The van der Waals surface area contributed by atoms with Crippen molar-refractivity contribution in [2.24, 2.45) is 16.9 Å². The second-order valence-corrected chi connectivity index (χ2v) is 8.22. The molecule has 2 rings (SSSR count). The Morgan fingerprint density at radius 3 is 2.52 bits per heavy atom. The highest BCUT2D eigenvalue weighted by Crippen LogP contribution is 2.27. The van der Waals surface area contributed by atoms with Gasteiger partial charge in [-0.15, -0.1) is 0 Å². The number of nitrogens with one attached hydrogen (secondary N) is 3. The lowest BCUT2D eigenvalue weighted by atomic mass is 9.84. The first-order valence-corrected chi connectivity index (χ1v) is 10.5. The molecule has 168 valence electrons. The van der Waals surface area contributed by atoms with Crippen LogP contribution in [0.5, 0.6) is 0 Å². The highest BCUT2D eigenvalue weighted by Gasteiger charge is 2.21. The zero-order valence-corrected chi connectivity index (χ0v) is 19.2. The molecule has 1 aliphatic rings. The Labute approximate surface area is 186 Å². The van der Waals surface area contributed by atoms with Gasteiger partial charge in [-0.2, -0.15) is 0 Å². The van der Waals surface area contributed by atoms with Crippen LogP contribution in [-0.2, 0) is 4.74 Å². The van der Waals surface area contributed by atoms with Crippen molar-refractivity contribution in [2.75, 3.05) is 7.05 Å².